The van der Waals surface area contributed by atoms with Gasteiger partial charge >= 0.3 is 0 Å². The second-order valence-corrected chi connectivity index (χ2v) is 4.83. The van der Waals surface area contributed by atoms with Crippen LogP contribution in [0.15, 0.2) is 0 Å². The molecule has 0 bridgehead atoms. The van der Waals surface area contributed by atoms with Crippen molar-refractivity contribution in [2.24, 2.45) is 5.41 Å². The lowest BCUT2D eigenvalue weighted by Gasteiger charge is -2.23. The second-order valence-electron chi connectivity index (χ2n) is 4.83. The molecule has 0 spiro atoms. The van der Waals surface area contributed by atoms with Crippen LogP contribution in [-0.2, 0) is 9.53 Å². The molecule has 2 unspecified atom stereocenters. The molecule has 96 valence electrons. The lowest BCUT2D eigenvalue weighted by atomic mass is 9.88. The summed E-state index contributed by atoms with van der Waals surface area (Å²) in [5.41, 5.74) is -0.895. The fourth-order valence-corrected chi connectivity index (χ4v) is 1.87. The largest absolute Gasteiger partial charge is 0.378 e. The molecule has 0 aromatic carbocycles. The Morgan fingerprint density at radius 2 is 2.35 bits per heavy atom. The Balaban J connectivity index is 2.26. The Labute approximate surface area is 103 Å². The Morgan fingerprint density at radius 1 is 1.59 bits per heavy atom. The molecular weight excluding hydrogens is 216 g/mol. The molecule has 4 heteroatoms. The molecule has 0 aliphatic carbocycles. The van der Waals surface area contributed by atoms with Crippen molar-refractivity contribution in [3.05, 3.63) is 0 Å². The summed E-state index contributed by atoms with van der Waals surface area (Å²) in [5.74, 6) is -0.168. The van der Waals surface area contributed by atoms with Crippen LogP contribution in [0.1, 0.15) is 46.0 Å². The number of carbonyl (C=O) groups excluding carboxylic acids is 1. The Kier molecular flexibility index (Phi) is 5.43. The van der Waals surface area contributed by atoms with E-state index in [1.54, 1.807) is 6.92 Å². The Morgan fingerprint density at radius 3 is 2.88 bits per heavy atom. The predicted molar refractivity (Wildman–Crippen MR) is 65.2 cm³/mol. The fraction of sp³-hybridized carbons (Fsp3) is 0.846. The molecule has 1 amide bonds. The number of hydrogen-bond donors (Lipinski definition) is 1. The van der Waals surface area contributed by atoms with Crippen molar-refractivity contribution in [3.63, 3.8) is 0 Å². The van der Waals surface area contributed by atoms with Crippen LogP contribution >= 0.6 is 0 Å². The number of rotatable bonds is 5. The normalized spacial score (nSPS) is 23.5. The molecule has 0 aromatic rings. The third-order valence-electron chi connectivity index (χ3n) is 3.48. The topological polar surface area (TPSA) is 62.1 Å². The van der Waals surface area contributed by atoms with E-state index < -0.39 is 5.41 Å². The minimum absolute atomic E-state index is 0.168. The summed E-state index contributed by atoms with van der Waals surface area (Å²) in [6.45, 7) is 4.97. The van der Waals surface area contributed by atoms with Crippen molar-refractivity contribution in [1.29, 1.82) is 5.26 Å². The fourth-order valence-electron chi connectivity index (χ4n) is 1.87. The molecule has 1 fully saturated rings. The van der Waals surface area contributed by atoms with Crippen LogP contribution < -0.4 is 5.32 Å². The number of nitrogens with zero attached hydrogens (tertiary/aromatic N) is 1. The Bertz CT molecular complexity index is 292. The number of nitriles is 1. The maximum atomic E-state index is 11.8. The average Bonchev–Trinajstić information content (AvgIpc) is 2.39. The van der Waals surface area contributed by atoms with Gasteiger partial charge in [-0.3, -0.25) is 4.79 Å². The van der Waals surface area contributed by atoms with Gasteiger partial charge in [0.05, 0.1) is 12.2 Å². The smallest absolute Gasteiger partial charge is 0.240 e. The van der Waals surface area contributed by atoms with Crippen LogP contribution in [0.3, 0.4) is 0 Å². The highest BCUT2D eigenvalue weighted by Gasteiger charge is 2.30. The zero-order valence-corrected chi connectivity index (χ0v) is 10.8. The SMILES string of the molecule is CCC(C)(C#N)C(=O)NCCC1CCCCO1. The quantitative estimate of drug-likeness (QED) is 0.796. The molecule has 4 nitrogen and oxygen atoms in total. The van der Waals surface area contributed by atoms with E-state index in [2.05, 4.69) is 11.4 Å². The highest BCUT2D eigenvalue weighted by atomic mass is 16.5. The van der Waals surface area contributed by atoms with Gasteiger partial charge in [0.25, 0.3) is 0 Å². The van der Waals surface area contributed by atoms with Gasteiger partial charge in [-0.2, -0.15) is 5.26 Å². The standard InChI is InChI=1S/C13H22N2O2/c1-3-13(2,10-14)12(16)15-8-7-11-6-4-5-9-17-11/h11H,3-9H2,1-2H3,(H,15,16). The molecule has 0 aromatic heterocycles. The van der Waals surface area contributed by atoms with Gasteiger partial charge < -0.3 is 10.1 Å². The zero-order valence-electron chi connectivity index (χ0n) is 10.8. The highest BCUT2D eigenvalue weighted by Crippen LogP contribution is 2.20. The maximum absolute atomic E-state index is 11.8. The van der Waals surface area contributed by atoms with Crippen molar-refractivity contribution < 1.29 is 9.53 Å². The number of ether oxygens (including phenoxy) is 1. The molecular formula is C13H22N2O2. The minimum atomic E-state index is -0.895. The predicted octanol–water partition coefficient (Wildman–Crippen LogP) is 2.00. The average molecular weight is 238 g/mol. The molecule has 1 N–H and O–H groups in total. The minimum Gasteiger partial charge on any atom is -0.378 e. The van der Waals surface area contributed by atoms with Gasteiger partial charge in [0.1, 0.15) is 5.41 Å². The van der Waals surface area contributed by atoms with E-state index in [1.807, 2.05) is 6.92 Å². The van der Waals surface area contributed by atoms with Gasteiger partial charge in [-0.15, -0.1) is 0 Å². The van der Waals surface area contributed by atoms with E-state index in [4.69, 9.17) is 10.00 Å². The molecule has 1 aliphatic rings. The summed E-state index contributed by atoms with van der Waals surface area (Å²) in [4.78, 5) is 11.8. The first kappa shape index (κ1) is 14.0. The van der Waals surface area contributed by atoms with Gasteiger partial charge in [-0.05, 0) is 39.0 Å². The van der Waals surface area contributed by atoms with E-state index >= 15 is 0 Å². The monoisotopic (exact) mass is 238 g/mol. The van der Waals surface area contributed by atoms with Crippen molar-refractivity contribution >= 4 is 5.91 Å². The molecule has 0 saturated carbocycles. The molecule has 1 aliphatic heterocycles. The number of nitrogens with one attached hydrogen (secondary N) is 1. The van der Waals surface area contributed by atoms with E-state index in [9.17, 15) is 4.79 Å². The summed E-state index contributed by atoms with van der Waals surface area (Å²) in [6.07, 6.45) is 5.10. The summed E-state index contributed by atoms with van der Waals surface area (Å²) in [7, 11) is 0. The second kappa shape index (κ2) is 6.61. The van der Waals surface area contributed by atoms with Gasteiger partial charge in [-0.1, -0.05) is 6.92 Å². The van der Waals surface area contributed by atoms with Crippen LogP contribution in [0.2, 0.25) is 0 Å². The van der Waals surface area contributed by atoms with Crippen molar-refractivity contribution in [1.82, 2.24) is 5.32 Å². The maximum Gasteiger partial charge on any atom is 0.240 e. The van der Waals surface area contributed by atoms with E-state index in [1.165, 1.54) is 6.42 Å². The first-order valence-corrected chi connectivity index (χ1v) is 6.43. The van der Waals surface area contributed by atoms with Crippen LogP contribution in [0, 0.1) is 16.7 Å². The van der Waals surface area contributed by atoms with E-state index in [-0.39, 0.29) is 12.0 Å². The summed E-state index contributed by atoms with van der Waals surface area (Å²) in [6, 6.07) is 2.07. The van der Waals surface area contributed by atoms with Crippen molar-refractivity contribution in [2.45, 2.75) is 52.1 Å². The molecule has 17 heavy (non-hydrogen) atoms. The molecule has 1 rings (SSSR count). The van der Waals surface area contributed by atoms with Gasteiger partial charge in [0, 0.05) is 13.2 Å². The molecule has 1 heterocycles. The lowest BCUT2D eigenvalue weighted by molar-refractivity contribution is -0.127. The van der Waals surface area contributed by atoms with Gasteiger partial charge in [0.2, 0.25) is 5.91 Å². The van der Waals surface area contributed by atoms with Gasteiger partial charge in [0.15, 0.2) is 0 Å². The van der Waals surface area contributed by atoms with E-state index in [0.717, 1.165) is 25.9 Å². The first-order valence-electron chi connectivity index (χ1n) is 6.43. The summed E-state index contributed by atoms with van der Waals surface area (Å²) < 4.78 is 5.58. The first-order chi connectivity index (χ1) is 8.12. The van der Waals surface area contributed by atoms with Crippen molar-refractivity contribution in [3.8, 4) is 6.07 Å². The highest BCUT2D eigenvalue weighted by molar-refractivity contribution is 5.84. The van der Waals surface area contributed by atoms with Crippen LogP contribution in [0.4, 0.5) is 0 Å². The third-order valence-corrected chi connectivity index (χ3v) is 3.48. The Hall–Kier alpha value is -1.08. The number of amides is 1. The van der Waals surface area contributed by atoms with E-state index in [0.29, 0.717) is 13.0 Å². The molecule has 1 saturated heterocycles. The zero-order chi connectivity index (χ0) is 12.7. The summed E-state index contributed by atoms with van der Waals surface area (Å²) in [5, 5.41) is 11.8. The molecule has 2 atom stereocenters. The van der Waals surface area contributed by atoms with Crippen LogP contribution in [0.25, 0.3) is 0 Å². The number of carbonyl (C=O) groups is 1. The van der Waals surface area contributed by atoms with Crippen LogP contribution in [0.5, 0.6) is 0 Å². The van der Waals surface area contributed by atoms with Crippen molar-refractivity contribution in [2.75, 3.05) is 13.2 Å². The summed E-state index contributed by atoms with van der Waals surface area (Å²) >= 11 is 0. The number of hydrogen-bond acceptors (Lipinski definition) is 3. The van der Waals surface area contributed by atoms with Crippen LogP contribution in [-0.4, -0.2) is 25.2 Å². The molecule has 0 radical (unpaired) electrons. The third kappa shape index (κ3) is 4.01. The van der Waals surface area contributed by atoms with Gasteiger partial charge in [-0.25, -0.2) is 0 Å². The lowest BCUT2D eigenvalue weighted by Crippen LogP contribution is -2.39.